The lowest BCUT2D eigenvalue weighted by Crippen LogP contribution is -2.25. The minimum absolute atomic E-state index is 0.0815. The van der Waals surface area contributed by atoms with E-state index in [0.717, 1.165) is 19.7 Å². The number of carbonyl (C=O) groups is 1. The number of amides is 1. The van der Waals surface area contributed by atoms with Gasteiger partial charge in [-0.1, -0.05) is 27.5 Å². The third kappa shape index (κ3) is 4.31. The van der Waals surface area contributed by atoms with E-state index in [4.69, 9.17) is 11.6 Å². The van der Waals surface area contributed by atoms with Gasteiger partial charge in [-0.2, -0.15) is 0 Å². The predicted octanol–water partition coefficient (Wildman–Crippen LogP) is 4.90. The Morgan fingerprint density at radius 3 is 2.68 bits per heavy atom. The van der Waals surface area contributed by atoms with Gasteiger partial charge in [0.25, 0.3) is 5.91 Å². The Morgan fingerprint density at radius 2 is 2.05 bits per heavy atom. The van der Waals surface area contributed by atoms with Gasteiger partial charge < -0.3 is 5.32 Å². The van der Waals surface area contributed by atoms with Crippen molar-refractivity contribution in [2.45, 2.75) is 6.42 Å². The van der Waals surface area contributed by atoms with Gasteiger partial charge in [-0.15, -0.1) is 11.3 Å². The number of hydrogen-bond donors (Lipinski definition) is 1. The van der Waals surface area contributed by atoms with E-state index in [9.17, 15) is 4.79 Å². The summed E-state index contributed by atoms with van der Waals surface area (Å²) in [4.78, 5) is 13.2. The number of thiophene rings is 1. The van der Waals surface area contributed by atoms with E-state index in [2.05, 4.69) is 37.2 Å². The maximum Gasteiger partial charge on any atom is 0.252 e. The van der Waals surface area contributed by atoms with Crippen LogP contribution in [0.2, 0.25) is 4.34 Å². The highest BCUT2D eigenvalue weighted by atomic mass is 79.9. The van der Waals surface area contributed by atoms with Gasteiger partial charge in [0.2, 0.25) is 0 Å². The maximum absolute atomic E-state index is 12.0. The molecule has 0 unspecified atom stereocenters. The monoisotopic (exact) mass is 421 g/mol. The average Bonchev–Trinajstić information content (AvgIpc) is 2.75. The molecule has 1 amide bonds. The van der Waals surface area contributed by atoms with Crippen molar-refractivity contribution in [3.8, 4) is 0 Å². The molecule has 0 saturated carbocycles. The van der Waals surface area contributed by atoms with Crippen molar-refractivity contribution in [1.82, 2.24) is 5.32 Å². The summed E-state index contributed by atoms with van der Waals surface area (Å²) in [6.45, 7) is 0.595. The zero-order valence-corrected chi connectivity index (χ0v) is 14.5. The largest absolute Gasteiger partial charge is 0.352 e. The first-order chi connectivity index (χ1) is 9.06. The summed E-state index contributed by atoms with van der Waals surface area (Å²) in [6.07, 6.45) is 0.789. The topological polar surface area (TPSA) is 29.1 Å². The van der Waals surface area contributed by atoms with Gasteiger partial charge in [-0.05, 0) is 52.7 Å². The highest BCUT2D eigenvalue weighted by molar-refractivity contribution is 9.11. The highest BCUT2D eigenvalue weighted by Crippen LogP contribution is 2.23. The van der Waals surface area contributed by atoms with Crippen LogP contribution in [0, 0.1) is 0 Å². The molecule has 0 fully saturated rings. The van der Waals surface area contributed by atoms with Gasteiger partial charge in [0.15, 0.2) is 0 Å². The molecule has 1 N–H and O–H groups in total. The van der Waals surface area contributed by atoms with Crippen LogP contribution in [0.4, 0.5) is 0 Å². The molecule has 2 rings (SSSR count). The summed E-state index contributed by atoms with van der Waals surface area (Å²) in [5, 5.41) is 2.90. The van der Waals surface area contributed by atoms with Crippen molar-refractivity contribution in [3.63, 3.8) is 0 Å². The van der Waals surface area contributed by atoms with E-state index in [1.54, 1.807) is 6.07 Å². The Bertz CT molecular complexity index is 600. The first-order valence-corrected chi connectivity index (χ1v) is 8.32. The number of benzene rings is 1. The SMILES string of the molecule is O=C(NCCc1ccc(Cl)s1)c1ccc(Br)cc1Br. The van der Waals surface area contributed by atoms with Gasteiger partial charge in [0.05, 0.1) is 9.90 Å². The van der Waals surface area contributed by atoms with E-state index in [1.807, 2.05) is 24.3 Å². The van der Waals surface area contributed by atoms with Gasteiger partial charge in [0, 0.05) is 20.4 Å². The Morgan fingerprint density at radius 1 is 1.26 bits per heavy atom. The Hall–Kier alpha value is -0.360. The lowest BCUT2D eigenvalue weighted by atomic mass is 10.2. The molecule has 0 atom stereocenters. The van der Waals surface area contributed by atoms with E-state index in [-0.39, 0.29) is 5.91 Å². The first-order valence-electron chi connectivity index (χ1n) is 5.54. The molecule has 0 aliphatic carbocycles. The van der Waals surface area contributed by atoms with Crippen LogP contribution in [-0.4, -0.2) is 12.5 Å². The summed E-state index contributed by atoms with van der Waals surface area (Å²) >= 11 is 14.1. The van der Waals surface area contributed by atoms with Crippen molar-refractivity contribution >= 4 is 60.7 Å². The van der Waals surface area contributed by atoms with Crippen molar-refractivity contribution in [1.29, 1.82) is 0 Å². The van der Waals surface area contributed by atoms with Crippen LogP contribution in [0.5, 0.6) is 0 Å². The molecule has 0 bridgehead atoms. The van der Waals surface area contributed by atoms with Crippen molar-refractivity contribution < 1.29 is 4.79 Å². The summed E-state index contributed by atoms with van der Waals surface area (Å²) in [5.74, 6) is -0.0815. The summed E-state index contributed by atoms with van der Waals surface area (Å²) in [6, 6.07) is 9.33. The fraction of sp³-hybridized carbons (Fsp3) is 0.154. The van der Waals surface area contributed by atoms with Crippen molar-refractivity contribution in [3.05, 3.63) is 54.1 Å². The second-order valence-corrected chi connectivity index (χ2v) is 7.41. The molecule has 2 nitrogen and oxygen atoms in total. The lowest BCUT2D eigenvalue weighted by Gasteiger charge is -2.06. The molecule has 1 aromatic carbocycles. The van der Waals surface area contributed by atoms with Crippen LogP contribution in [-0.2, 0) is 6.42 Å². The second kappa shape index (κ2) is 6.88. The van der Waals surface area contributed by atoms with Crippen LogP contribution in [0.25, 0.3) is 0 Å². The van der Waals surface area contributed by atoms with E-state index >= 15 is 0 Å². The van der Waals surface area contributed by atoms with E-state index in [0.29, 0.717) is 12.1 Å². The van der Waals surface area contributed by atoms with Gasteiger partial charge >= 0.3 is 0 Å². The van der Waals surface area contributed by atoms with Crippen LogP contribution in [0.3, 0.4) is 0 Å². The number of hydrogen-bond acceptors (Lipinski definition) is 2. The quantitative estimate of drug-likeness (QED) is 0.745. The number of rotatable bonds is 4. The summed E-state index contributed by atoms with van der Waals surface area (Å²) < 4.78 is 2.49. The van der Waals surface area contributed by atoms with E-state index in [1.165, 1.54) is 16.2 Å². The molecule has 1 aromatic heterocycles. The third-order valence-electron chi connectivity index (χ3n) is 2.46. The fourth-order valence-corrected chi connectivity index (χ4v) is 3.87. The molecule has 1 heterocycles. The minimum Gasteiger partial charge on any atom is -0.352 e. The maximum atomic E-state index is 12.0. The molecule has 0 aliphatic rings. The van der Waals surface area contributed by atoms with Gasteiger partial charge in [0.1, 0.15) is 0 Å². The van der Waals surface area contributed by atoms with Crippen LogP contribution in [0.1, 0.15) is 15.2 Å². The van der Waals surface area contributed by atoms with E-state index < -0.39 is 0 Å². The zero-order chi connectivity index (χ0) is 13.8. The number of nitrogens with one attached hydrogen (secondary N) is 1. The molecular formula is C13H10Br2ClNOS. The Balaban J connectivity index is 1.90. The molecule has 6 heteroatoms. The second-order valence-electron chi connectivity index (χ2n) is 3.84. The van der Waals surface area contributed by atoms with Crippen LogP contribution in [0.15, 0.2) is 39.3 Å². The normalized spacial score (nSPS) is 10.5. The lowest BCUT2D eigenvalue weighted by molar-refractivity contribution is 0.0953. The molecular weight excluding hydrogens is 413 g/mol. The molecule has 19 heavy (non-hydrogen) atoms. The smallest absolute Gasteiger partial charge is 0.252 e. The molecule has 0 aliphatic heterocycles. The van der Waals surface area contributed by atoms with Crippen LogP contribution >= 0.6 is 54.8 Å². The first kappa shape index (κ1) is 15.0. The van der Waals surface area contributed by atoms with Gasteiger partial charge in [-0.3, -0.25) is 4.79 Å². The molecule has 2 aromatic rings. The standard InChI is InChI=1S/C13H10Br2ClNOS/c14-8-1-3-10(11(15)7-8)13(18)17-6-5-9-2-4-12(16)19-9/h1-4,7H,5-6H2,(H,17,18). The molecule has 0 saturated heterocycles. The summed E-state index contributed by atoms with van der Waals surface area (Å²) in [7, 11) is 0. The average molecular weight is 424 g/mol. The zero-order valence-electron chi connectivity index (χ0n) is 9.75. The Labute approximate surface area is 137 Å². The molecule has 100 valence electrons. The van der Waals surface area contributed by atoms with Crippen molar-refractivity contribution in [2.75, 3.05) is 6.54 Å². The van der Waals surface area contributed by atoms with Crippen LogP contribution < -0.4 is 5.32 Å². The molecule has 0 radical (unpaired) electrons. The van der Waals surface area contributed by atoms with Gasteiger partial charge in [-0.25, -0.2) is 0 Å². The third-order valence-corrected chi connectivity index (χ3v) is 4.90. The summed E-state index contributed by atoms with van der Waals surface area (Å²) in [5.41, 5.74) is 0.632. The molecule has 0 spiro atoms. The minimum atomic E-state index is -0.0815. The number of halogens is 3. The number of carbonyl (C=O) groups excluding carboxylic acids is 1. The van der Waals surface area contributed by atoms with Crippen molar-refractivity contribution in [2.24, 2.45) is 0 Å². The highest BCUT2D eigenvalue weighted by Gasteiger charge is 2.09. The predicted molar refractivity (Wildman–Crippen MR) is 87.2 cm³/mol. The fourth-order valence-electron chi connectivity index (χ4n) is 1.55. The Kier molecular flexibility index (Phi) is 5.45.